The molecule has 2 fully saturated rings. The van der Waals surface area contributed by atoms with Crippen LogP contribution in [-0.2, 0) is 17.7 Å². The maximum absolute atomic E-state index is 6.21. The predicted molar refractivity (Wildman–Crippen MR) is 82.2 cm³/mol. The lowest BCUT2D eigenvalue weighted by Gasteiger charge is -2.29. The maximum atomic E-state index is 6.21. The maximum Gasteiger partial charge on any atom is 0.0707 e. The largest absolute Gasteiger partial charge is 0.372 e. The molecule has 3 nitrogen and oxygen atoms in total. The lowest BCUT2D eigenvalue weighted by atomic mass is 10.1. The number of hydrogen-bond donors (Lipinski definition) is 1. The normalized spacial score (nSPS) is 30.6. The number of thiophene rings is 1. The SMILES string of the molecule is c1cc2c(s1)CCN(CC1CCC(CNC3CC3)O1)C2. The molecule has 3 heterocycles. The van der Waals surface area contributed by atoms with Crippen LogP contribution in [0.15, 0.2) is 11.4 Å². The highest BCUT2D eigenvalue weighted by molar-refractivity contribution is 7.10. The Morgan fingerprint density at radius 1 is 1.25 bits per heavy atom. The van der Waals surface area contributed by atoms with Gasteiger partial charge in [0.05, 0.1) is 12.2 Å². The van der Waals surface area contributed by atoms with Crippen molar-refractivity contribution in [3.05, 3.63) is 21.9 Å². The number of hydrogen-bond acceptors (Lipinski definition) is 4. The molecule has 1 aromatic rings. The van der Waals surface area contributed by atoms with Gasteiger partial charge in [-0.25, -0.2) is 0 Å². The van der Waals surface area contributed by atoms with Crippen molar-refractivity contribution < 1.29 is 4.74 Å². The Bertz CT molecular complexity index is 457. The van der Waals surface area contributed by atoms with Crippen molar-refractivity contribution in [2.75, 3.05) is 19.6 Å². The molecule has 1 aliphatic carbocycles. The lowest BCUT2D eigenvalue weighted by Crippen LogP contribution is -2.37. The van der Waals surface area contributed by atoms with E-state index in [1.54, 1.807) is 10.4 Å². The molecule has 2 atom stereocenters. The molecular formula is C16H24N2OS. The fraction of sp³-hybridized carbons (Fsp3) is 0.750. The molecule has 4 rings (SSSR count). The Kier molecular flexibility index (Phi) is 3.82. The molecule has 1 saturated heterocycles. The molecule has 20 heavy (non-hydrogen) atoms. The van der Waals surface area contributed by atoms with Crippen LogP contribution in [0, 0.1) is 0 Å². The van der Waals surface area contributed by atoms with E-state index in [1.165, 1.54) is 38.6 Å². The highest BCUT2D eigenvalue weighted by atomic mass is 32.1. The average molecular weight is 292 g/mol. The molecule has 4 heteroatoms. The Morgan fingerprint density at radius 2 is 2.15 bits per heavy atom. The van der Waals surface area contributed by atoms with Crippen LogP contribution in [0.5, 0.6) is 0 Å². The van der Waals surface area contributed by atoms with Gasteiger partial charge in [-0.15, -0.1) is 11.3 Å². The Hall–Kier alpha value is -0.420. The van der Waals surface area contributed by atoms with Gasteiger partial charge in [-0.2, -0.15) is 0 Å². The quantitative estimate of drug-likeness (QED) is 0.902. The summed E-state index contributed by atoms with van der Waals surface area (Å²) in [5.41, 5.74) is 1.55. The van der Waals surface area contributed by atoms with Gasteiger partial charge >= 0.3 is 0 Å². The van der Waals surface area contributed by atoms with Crippen LogP contribution < -0.4 is 5.32 Å². The molecule has 0 amide bonds. The van der Waals surface area contributed by atoms with Crippen molar-refractivity contribution in [1.82, 2.24) is 10.2 Å². The molecule has 2 unspecified atom stereocenters. The van der Waals surface area contributed by atoms with Crippen LogP contribution in [0.2, 0.25) is 0 Å². The van der Waals surface area contributed by atoms with Crippen LogP contribution in [0.3, 0.4) is 0 Å². The Morgan fingerprint density at radius 3 is 3.05 bits per heavy atom. The van der Waals surface area contributed by atoms with Gasteiger partial charge in [-0.3, -0.25) is 4.90 Å². The zero-order valence-corrected chi connectivity index (χ0v) is 12.8. The van der Waals surface area contributed by atoms with Crippen molar-refractivity contribution in [1.29, 1.82) is 0 Å². The van der Waals surface area contributed by atoms with Gasteiger partial charge in [0.2, 0.25) is 0 Å². The molecule has 0 radical (unpaired) electrons. The van der Waals surface area contributed by atoms with Gasteiger partial charge in [0.25, 0.3) is 0 Å². The van der Waals surface area contributed by atoms with Gasteiger partial charge in [0.15, 0.2) is 0 Å². The molecule has 1 saturated carbocycles. The highest BCUT2D eigenvalue weighted by Crippen LogP contribution is 2.27. The van der Waals surface area contributed by atoms with E-state index in [9.17, 15) is 0 Å². The van der Waals surface area contributed by atoms with Crippen LogP contribution in [0.25, 0.3) is 0 Å². The number of nitrogens with zero attached hydrogens (tertiary/aromatic N) is 1. The summed E-state index contributed by atoms with van der Waals surface area (Å²) >= 11 is 1.92. The molecule has 0 bridgehead atoms. The summed E-state index contributed by atoms with van der Waals surface area (Å²) in [7, 11) is 0. The summed E-state index contributed by atoms with van der Waals surface area (Å²) in [6.45, 7) is 4.52. The van der Waals surface area contributed by atoms with Crippen molar-refractivity contribution in [3.63, 3.8) is 0 Å². The third-order valence-corrected chi connectivity index (χ3v) is 5.78. The van der Waals surface area contributed by atoms with Gasteiger partial charge in [0, 0.05) is 37.1 Å². The van der Waals surface area contributed by atoms with Crippen molar-refractivity contribution in [3.8, 4) is 0 Å². The van der Waals surface area contributed by atoms with E-state index in [2.05, 4.69) is 21.7 Å². The monoisotopic (exact) mass is 292 g/mol. The fourth-order valence-electron chi connectivity index (χ4n) is 3.40. The second-order valence-electron chi connectivity index (χ2n) is 6.49. The molecule has 110 valence electrons. The summed E-state index contributed by atoms with van der Waals surface area (Å²) in [5.74, 6) is 0. The standard InChI is InChI=1S/C16H24N2OS/c1-2-13(1)17-9-14-3-4-15(19-14)11-18-7-5-16-12(10-18)6-8-20-16/h6,8,13-15,17H,1-5,7,9-11H2. The van der Waals surface area contributed by atoms with Gasteiger partial charge in [-0.1, -0.05) is 0 Å². The van der Waals surface area contributed by atoms with E-state index in [1.807, 2.05) is 11.3 Å². The minimum Gasteiger partial charge on any atom is -0.372 e. The van der Waals surface area contributed by atoms with Crippen LogP contribution in [0.1, 0.15) is 36.1 Å². The van der Waals surface area contributed by atoms with Gasteiger partial charge in [0.1, 0.15) is 0 Å². The molecular weight excluding hydrogens is 268 g/mol. The van der Waals surface area contributed by atoms with Gasteiger partial charge < -0.3 is 10.1 Å². The minimum atomic E-state index is 0.459. The van der Waals surface area contributed by atoms with Crippen molar-refractivity contribution in [2.24, 2.45) is 0 Å². The summed E-state index contributed by atoms with van der Waals surface area (Å²) < 4.78 is 6.21. The predicted octanol–water partition coefficient (Wildman–Crippen LogP) is 2.41. The van der Waals surface area contributed by atoms with Crippen LogP contribution >= 0.6 is 11.3 Å². The lowest BCUT2D eigenvalue weighted by molar-refractivity contribution is 0.0208. The number of rotatable bonds is 5. The first kappa shape index (κ1) is 13.3. The molecule has 1 aromatic heterocycles. The van der Waals surface area contributed by atoms with E-state index in [-0.39, 0.29) is 0 Å². The van der Waals surface area contributed by atoms with Crippen LogP contribution in [0.4, 0.5) is 0 Å². The highest BCUT2D eigenvalue weighted by Gasteiger charge is 2.29. The van der Waals surface area contributed by atoms with Crippen LogP contribution in [-0.4, -0.2) is 42.8 Å². The smallest absolute Gasteiger partial charge is 0.0707 e. The number of ether oxygens (including phenoxy) is 1. The molecule has 0 aromatic carbocycles. The molecule has 2 aliphatic heterocycles. The second-order valence-corrected chi connectivity index (χ2v) is 7.49. The third-order valence-electron chi connectivity index (χ3n) is 4.76. The van der Waals surface area contributed by atoms with Crippen molar-refractivity contribution >= 4 is 11.3 Å². The summed E-state index contributed by atoms with van der Waals surface area (Å²) in [6, 6.07) is 3.10. The Balaban J connectivity index is 1.24. The third kappa shape index (κ3) is 3.08. The molecule has 0 spiro atoms. The first-order chi connectivity index (χ1) is 9.87. The van der Waals surface area contributed by atoms with Gasteiger partial charge in [-0.05, 0) is 49.1 Å². The summed E-state index contributed by atoms with van der Waals surface area (Å²) in [5, 5.41) is 5.83. The first-order valence-corrected chi connectivity index (χ1v) is 8.91. The molecule has 1 N–H and O–H groups in total. The fourth-order valence-corrected chi connectivity index (χ4v) is 4.29. The van der Waals surface area contributed by atoms with Crippen molar-refractivity contribution in [2.45, 2.75) is 56.9 Å². The zero-order valence-electron chi connectivity index (χ0n) is 12.0. The van der Waals surface area contributed by atoms with E-state index in [0.717, 1.165) is 25.7 Å². The minimum absolute atomic E-state index is 0.459. The number of nitrogens with one attached hydrogen (secondary N) is 1. The van der Waals surface area contributed by atoms with E-state index in [0.29, 0.717) is 12.2 Å². The topological polar surface area (TPSA) is 24.5 Å². The molecule has 3 aliphatic rings. The zero-order chi connectivity index (χ0) is 13.4. The first-order valence-electron chi connectivity index (χ1n) is 8.03. The summed E-state index contributed by atoms with van der Waals surface area (Å²) in [4.78, 5) is 4.18. The van der Waals surface area contributed by atoms with E-state index in [4.69, 9.17) is 4.74 Å². The number of fused-ring (bicyclic) bond motifs is 1. The average Bonchev–Trinajstić information content (AvgIpc) is 2.99. The van der Waals surface area contributed by atoms with E-state index >= 15 is 0 Å². The van der Waals surface area contributed by atoms with E-state index < -0.39 is 0 Å². The Labute approximate surface area is 125 Å². The second kappa shape index (κ2) is 5.76. The summed E-state index contributed by atoms with van der Waals surface area (Å²) in [6.07, 6.45) is 7.36.